The SMILES string of the molecule is COc1ccc(C(C)(C)c2ccc(OC(=O)Nc3ccc(Cc4ccc(NC(C)=O)cc4)cc3)cc2)cc1.[P-3]. The molecule has 0 saturated carbocycles. The molecule has 0 aliphatic rings. The topological polar surface area (TPSA) is 76.7 Å². The monoisotopic (exact) mass is 539 g/mol. The van der Waals surface area contributed by atoms with Crippen molar-refractivity contribution in [3.8, 4) is 11.5 Å². The van der Waals surface area contributed by atoms with Gasteiger partial charge in [-0.1, -0.05) is 62.4 Å². The molecule has 0 aromatic heterocycles. The van der Waals surface area contributed by atoms with Crippen LogP contribution in [0.25, 0.3) is 0 Å². The lowest BCUT2D eigenvalue weighted by Crippen LogP contribution is -2.19. The van der Waals surface area contributed by atoms with Gasteiger partial charge in [-0.2, -0.15) is 0 Å². The Morgan fingerprint density at radius 1 is 0.667 bits per heavy atom. The van der Waals surface area contributed by atoms with E-state index in [1.165, 1.54) is 6.92 Å². The Kier molecular flexibility index (Phi) is 9.86. The van der Waals surface area contributed by atoms with E-state index in [9.17, 15) is 9.59 Å². The first-order chi connectivity index (χ1) is 18.2. The van der Waals surface area contributed by atoms with Crippen LogP contribution in [0.2, 0.25) is 0 Å². The van der Waals surface area contributed by atoms with Crippen LogP contribution >= 0.6 is 9.90 Å². The van der Waals surface area contributed by atoms with Crippen LogP contribution in [-0.2, 0) is 16.6 Å². The number of ether oxygens (including phenoxy) is 2. The minimum Gasteiger partial charge on any atom is -3.00 e. The molecule has 0 fully saturated rings. The second kappa shape index (κ2) is 13.1. The maximum atomic E-state index is 12.5. The first-order valence-electron chi connectivity index (χ1n) is 12.4. The lowest BCUT2D eigenvalue weighted by Gasteiger charge is -3.00. The summed E-state index contributed by atoms with van der Waals surface area (Å²) in [6.07, 6.45) is 0.193. The van der Waals surface area contributed by atoms with Crippen LogP contribution in [0, 0.1) is 0 Å². The molecule has 0 spiro atoms. The van der Waals surface area contributed by atoms with Gasteiger partial charge in [-0.25, -0.2) is 4.79 Å². The summed E-state index contributed by atoms with van der Waals surface area (Å²) in [5.74, 6) is 1.20. The number of carbonyl (C=O) groups is 2. The van der Waals surface area contributed by atoms with E-state index in [1.54, 1.807) is 19.2 Å². The fourth-order valence-corrected chi connectivity index (χ4v) is 4.22. The summed E-state index contributed by atoms with van der Waals surface area (Å²) >= 11 is 0. The van der Waals surface area contributed by atoms with Gasteiger partial charge < -0.3 is 24.7 Å². The molecular formula is C32H32N2O4P-3. The Morgan fingerprint density at radius 2 is 1.10 bits per heavy atom. The standard InChI is InChI=1S/C32H32N2O4.P/c1-22(35)33-27-13-5-23(6-14-27)21-24-7-15-28(16-8-24)34-31(36)38-30-19-11-26(12-20-30)32(2,3)25-9-17-29(37-4)18-10-25;/h5-20H,21H2,1-4H3,(H,33,35)(H,34,36);/q;-3. The summed E-state index contributed by atoms with van der Waals surface area (Å²) < 4.78 is 10.8. The normalized spacial score (nSPS) is 10.7. The Morgan fingerprint density at radius 3 is 1.54 bits per heavy atom. The maximum absolute atomic E-state index is 12.5. The molecule has 202 valence electrons. The van der Waals surface area contributed by atoms with E-state index in [0.717, 1.165) is 40.1 Å². The zero-order valence-electron chi connectivity index (χ0n) is 22.5. The van der Waals surface area contributed by atoms with Gasteiger partial charge in [-0.05, 0) is 77.2 Å². The van der Waals surface area contributed by atoms with Crippen molar-refractivity contribution >= 4 is 33.3 Å². The van der Waals surface area contributed by atoms with E-state index in [4.69, 9.17) is 9.47 Å². The quantitative estimate of drug-likeness (QED) is 0.222. The number of hydrogen-bond donors (Lipinski definition) is 2. The molecule has 0 atom stereocenters. The van der Waals surface area contributed by atoms with Crippen LogP contribution < -0.4 is 20.1 Å². The van der Waals surface area contributed by atoms with E-state index in [-0.39, 0.29) is 21.2 Å². The molecule has 0 aliphatic heterocycles. The molecule has 2 amide bonds. The number of methoxy groups -OCH3 is 1. The molecule has 4 aromatic carbocycles. The smallest absolute Gasteiger partial charge is 0.417 e. The average Bonchev–Trinajstić information content (AvgIpc) is 2.91. The van der Waals surface area contributed by atoms with Gasteiger partial charge in [0.2, 0.25) is 5.91 Å². The zero-order chi connectivity index (χ0) is 27.1. The summed E-state index contributed by atoms with van der Waals surface area (Å²) in [7, 11) is 1.66. The van der Waals surface area contributed by atoms with Crippen molar-refractivity contribution in [1.29, 1.82) is 0 Å². The lowest BCUT2D eigenvalue weighted by atomic mass is 9.78. The molecule has 2 N–H and O–H groups in total. The number of hydrogen-bond acceptors (Lipinski definition) is 4. The second-order valence-corrected chi connectivity index (χ2v) is 9.64. The number of rotatable bonds is 8. The minimum absolute atomic E-state index is 0. The molecule has 4 rings (SSSR count). The number of carbonyl (C=O) groups excluding carboxylic acids is 2. The maximum Gasteiger partial charge on any atom is 0.417 e. The van der Waals surface area contributed by atoms with Crippen LogP contribution in [0.4, 0.5) is 16.2 Å². The fraction of sp³-hybridized carbons (Fsp3) is 0.188. The molecule has 4 aromatic rings. The van der Waals surface area contributed by atoms with E-state index >= 15 is 0 Å². The molecule has 7 heteroatoms. The lowest BCUT2D eigenvalue weighted by molar-refractivity contribution is -0.114. The summed E-state index contributed by atoms with van der Waals surface area (Å²) in [5.41, 5.74) is 5.70. The summed E-state index contributed by atoms with van der Waals surface area (Å²) in [5, 5.41) is 5.54. The summed E-state index contributed by atoms with van der Waals surface area (Å²) in [6.45, 7) is 5.80. The van der Waals surface area contributed by atoms with Gasteiger partial charge in [0.1, 0.15) is 11.5 Å². The first kappa shape index (κ1) is 29.4. The van der Waals surface area contributed by atoms with Gasteiger partial charge in [0.25, 0.3) is 0 Å². The van der Waals surface area contributed by atoms with Crippen molar-refractivity contribution in [3.05, 3.63) is 119 Å². The van der Waals surface area contributed by atoms with Crippen LogP contribution in [0.5, 0.6) is 11.5 Å². The Balaban J connectivity index is 0.00000420. The third kappa shape index (κ3) is 7.92. The highest BCUT2D eigenvalue weighted by Crippen LogP contribution is 2.33. The largest absolute Gasteiger partial charge is 3.00 e. The van der Waals surface area contributed by atoms with Gasteiger partial charge in [0, 0.05) is 23.7 Å². The van der Waals surface area contributed by atoms with Crippen LogP contribution in [0.15, 0.2) is 97.1 Å². The molecule has 0 heterocycles. The third-order valence-corrected chi connectivity index (χ3v) is 6.48. The van der Waals surface area contributed by atoms with Crippen LogP contribution in [-0.4, -0.2) is 19.1 Å². The van der Waals surface area contributed by atoms with Crippen molar-refractivity contribution in [2.75, 3.05) is 17.7 Å². The zero-order valence-corrected chi connectivity index (χ0v) is 23.4. The van der Waals surface area contributed by atoms with E-state index in [1.807, 2.05) is 72.8 Å². The molecule has 0 unspecified atom stereocenters. The molecule has 0 saturated heterocycles. The minimum atomic E-state index is -0.548. The highest BCUT2D eigenvalue weighted by Gasteiger charge is 2.23. The number of nitrogens with one attached hydrogen (secondary N) is 2. The van der Waals surface area contributed by atoms with Crippen LogP contribution in [0.1, 0.15) is 43.0 Å². The van der Waals surface area contributed by atoms with E-state index in [0.29, 0.717) is 11.4 Å². The van der Waals surface area contributed by atoms with Gasteiger partial charge in [0.15, 0.2) is 0 Å². The predicted molar refractivity (Wildman–Crippen MR) is 158 cm³/mol. The van der Waals surface area contributed by atoms with Crippen molar-refractivity contribution < 1.29 is 19.1 Å². The highest BCUT2D eigenvalue weighted by molar-refractivity contribution is 6.92. The van der Waals surface area contributed by atoms with Crippen LogP contribution in [0.3, 0.4) is 0 Å². The van der Waals surface area contributed by atoms with E-state index < -0.39 is 6.09 Å². The van der Waals surface area contributed by atoms with Crippen molar-refractivity contribution in [2.45, 2.75) is 32.6 Å². The van der Waals surface area contributed by atoms with E-state index in [2.05, 4.69) is 36.6 Å². The van der Waals surface area contributed by atoms with Gasteiger partial charge >= 0.3 is 6.09 Å². The van der Waals surface area contributed by atoms with Gasteiger partial charge in [-0.3, -0.25) is 10.1 Å². The highest BCUT2D eigenvalue weighted by atomic mass is 31.0. The Labute approximate surface area is 233 Å². The van der Waals surface area contributed by atoms with Crippen molar-refractivity contribution in [2.24, 2.45) is 0 Å². The Hall–Kier alpha value is -4.15. The number of benzene rings is 4. The second-order valence-electron chi connectivity index (χ2n) is 9.64. The van der Waals surface area contributed by atoms with Gasteiger partial charge in [-0.15, -0.1) is 0 Å². The number of anilines is 2. The average molecular weight is 540 g/mol. The first-order valence-corrected chi connectivity index (χ1v) is 12.4. The van der Waals surface area contributed by atoms with Crippen molar-refractivity contribution in [1.82, 2.24) is 0 Å². The molecule has 6 nitrogen and oxygen atoms in total. The van der Waals surface area contributed by atoms with Crippen molar-refractivity contribution in [3.63, 3.8) is 0 Å². The summed E-state index contributed by atoms with van der Waals surface area (Å²) in [4.78, 5) is 23.6. The molecular weight excluding hydrogens is 507 g/mol. The number of amides is 2. The molecule has 39 heavy (non-hydrogen) atoms. The van der Waals surface area contributed by atoms with Gasteiger partial charge in [0.05, 0.1) is 7.11 Å². The molecule has 0 aliphatic carbocycles. The summed E-state index contributed by atoms with van der Waals surface area (Å²) in [6, 6.07) is 31.0. The predicted octanol–water partition coefficient (Wildman–Crippen LogP) is 8.04. The molecule has 0 bridgehead atoms. The molecule has 0 radical (unpaired) electrons. The Bertz CT molecular complexity index is 1380. The fourth-order valence-electron chi connectivity index (χ4n) is 4.22. The third-order valence-electron chi connectivity index (χ3n) is 6.48.